The van der Waals surface area contributed by atoms with Crippen LogP contribution in [0.4, 0.5) is 5.13 Å². The lowest BCUT2D eigenvalue weighted by molar-refractivity contribution is 0.554. The van der Waals surface area contributed by atoms with Gasteiger partial charge in [-0.05, 0) is 25.3 Å². The van der Waals surface area contributed by atoms with Gasteiger partial charge in [-0.1, -0.05) is 13.8 Å². The van der Waals surface area contributed by atoms with E-state index < -0.39 is 0 Å². The predicted molar refractivity (Wildman–Crippen MR) is 70.1 cm³/mol. The number of anilines is 1. The molecule has 1 aliphatic rings. The molecule has 1 aromatic rings. The molecule has 1 aromatic heterocycles. The zero-order valence-corrected chi connectivity index (χ0v) is 11.2. The molecule has 2 rings (SSSR count). The van der Waals surface area contributed by atoms with E-state index in [1.807, 2.05) is 17.5 Å². The van der Waals surface area contributed by atoms with Crippen LogP contribution in [0.2, 0.25) is 0 Å². The van der Waals surface area contributed by atoms with Crippen LogP contribution in [0.1, 0.15) is 31.6 Å². The van der Waals surface area contributed by atoms with Crippen molar-refractivity contribution in [2.24, 2.45) is 5.92 Å². The Morgan fingerprint density at radius 1 is 1.56 bits per heavy atom. The molecule has 0 aliphatic heterocycles. The maximum atomic E-state index is 4.48. The lowest BCUT2D eigenvalue weighted by atomic mass is 10.2. The third kappa shape index (κ3) is 3.19. The molecule has 0 unspecified atom stereocenters. The van der Waals surface area contributed by atoms with Gasteiger partial charge in [0.15, 0.2) is 5.13 Å². The topological polar surface area (TPSA) is 28.2 Å². The summed E-state index contributed by atoms with van der Waals surface area (Å²) in [4.78, 5) is 8.13. The van der Waals surface area contributed by atoms with Crippen molar-refractivity contribution in [3.05, 3.63) is 11.1 Å². The van der Waals surface area contributed by atoms with Gasteiger partial charge >= 0.3 is 0 Å². The van der Waals surface area contributed by atoms with Gasteiger partial charge < -0.3 is 10.2 Å². The molecule has 1 fully saturated rings. The first-order chi connectivity index (χ1) is 7.66. The summed E-state index contributed by atoms with van der Waals surface area (Å²) < 4.78 is 0. The molecule has 0 saturated heterocycles. The van der Waals surface area contributed by atoms with Gasteiger partial charge in [0.2, 0.25) is 0 Å². The molecule has 1 heterocycles. The highest BCUT2D eigenvalue weighted by molar-refractivity contribution is 7.15. The Balaban J connectivity index is 1.82. The number of hydrogen-bond acceptors (Lipinski definition) is 4. The second-order valence-corrected chi connectivity index (χ2v) is 6.07. The number of nitrogens with zero attached hydrogens (tertiary/aromatic N) is 2. The van der Waals surface area contributed by atoms with Gasteiger partial charge in [-0.15, -0.1) is 11.3 Å². The first kappa shape index (κ1) is 11.9. The van der Waals surface area contributed by atoms with E-state index in [0.29, 0.717) is 5.92 Å². The minimum Gasteiger partial charge on any atom is -0.348 e. The van der Waals surface area contributed by atoms with Gasteiger partial charge in [-0.3, -0.25) is 0 Å². The van der Waals surface area contributed by atoms with E-state index >= 15 is 0 Å². The van der Waals surface area contributed by atoms with Crippen LogP contribution in [-0.2, 0) is 6.54 Å². The van der Waals surface area contributed by atoms with Gasteiger partial charge in [-0.2, -0.15) is 0 Å². The van der Waals surface area contributed by atoms with E-state index in [1.54, 1.807) is 0 Å². The summed E-state index contributed by atoms with van der Waals surface area (Å²) in [5, 5.41) is 4.62. The molecule has 0 spiro atoms. The normalized spacial score (nSPS) is 15.8. The molecular formula is C12H21N3S. The van der Waals surface area contributed by atoms with Crippen molar-refractivity contribution in [2.45, 2.75) is 39.3 Å². The van der Waals surface area contributed by atoms with Gasteiger partial charge in [-0.25, -0.2) is 4.98 Å². The molecule has 1 saturated carbocycles. The standard InChI is InChI=1S/C12H21N3S/c1-9(2)6-13-7-11-8-14-12(16-11)15(3)10-4-5-10/h8-10,13H,4-7H2,1-3H3. The van der Waals surface area contributed by atoms with Crippen molar-refractivity contribution >= 4 is 16.5 Å². The van der Waals surface area contributed by atoms with Crippen LogP contribution in [0.5, 0.6) is 0 Å². The Labute approximate surface area is 102 Å². The van der Waals surface area contributed by atoms with E-state index in [9.17, 15) is 0 Å². The van der Waals surface area contributed by atoms with Crippen molar-refractivity contribution in [1.29, 1.82) is 0 Å². The fraction of sp³-hybridized carbons (Fsp3) is 0.750. The van der Waals surface area contributed by atoms with Gasteiger partial charge in [0, 0.05) is 30.7 Å². The lowest BCUT2D eigenvalue weighted by Crippen LogP contribution is -2.19. The molecular weight excluding hydrogens is 218 g/mol. The molecule has 0 amide bonds. The summed E-state index contributed by atoms with van der Waals surface area (Å²) in [6.07, 6.45) is 4.67. The summed E-state index contributed by atoms with van der Waals surface area (Å²) in [5.74, 6) is 0.710. The van der Waals surface area contributed by atoms with Crippen LogP contribution in [0.3, 0.4) is 0 Å². The Bertz CT molecular complexity index is 331. The average molecular weight is 239 g/mol. The van der Waals surface area contributed by atoms with Crippen LogP contribution < -0.4 is 10.2 Å². The van der Waals surface area contributed by atoms with Gasteiger partial charge in [0.05, 0.1) is 0 Å². The van der Waals surface area contributed by atoms with E-state index in [0.717, 1.165) is 19.1 Å². The molecule has 16 heavy (non-hydrogen) atoms. The summed E-state index contributed by atoms with van der Waals surface area (Å²) in [6, 6.07) is 0.752. The Morgan fingerprint density at radius 2 is 2.31 bits per heavy atom. The SMILES string of the molecule is CC(C)CNCc1cnc(N(C)C2CC2)s1. The Kier molecular flexibility index (Phi) is 3.82. The van der Waals surface area contributed by atoms with Crippen molar-refractivity contribution in [2.75, 3.05) is 18.5 Å². The lowest BCUT2D eigenvalue weighted by Gasteiger charge is -2.13. The molecule has 1 aliphatic carbocycles. The monoisotopic (exact) mass is 239 g/mol. The minimum absolute atomic E-state index is 0.710. The molecule has 0 bridgehead atoms. The van der Waals surface area contributed by atoms with E-state index in [1.165, 1.54) is 22.9 Å². The zero-order chi connectivity index (χ0) is 11.5. The van der Waals surface area contributed by atoms with Crippen molar-refractivity contribution in [3.63, 3.8) is 0 Å². The first-order valence-corrected chi connectivity index (χ1v) is 6.86. The fourth-order valence-corrected chi connectivity index (χ4v) is 2.56. The van der Waals surface area contributed by atoms with E-state index in [4.69, 9.17) is 0 Å². The molecule has 0 aromatic carbocycles. The largest absolute Gasteiger partial charge is 0.348 e. The van der Waals surface area contributed by atoms with Crippen LogP contribution in [0.25, 0.3) is 0 Å². The molecule has 3 nitrogen and oxygen atoms in total. The quantitative estimate of drug-likeness (QED) is 0.826. The number of nitrogens with one attached hydrogen (secondary N) is 1. The van der Waals surface area contributed by atoms with Gasteiger partial charge in [0.25, 0.3) is 0 Å². The number of rotatable bonds is 6. The van der Waals surface area contributed by atoms with Crippen LogP contribution >= 0.6 is 11.3 Å². The Hall–Kier alpha value is -0.610. The molecule has 4 heteroatoms. The van der Waals surface area contributed by atoms with E-state index in [-0.39, 0.29) is 0 Å². The highest BCUT2D eigenvalue weighted by Crippen LogP contribution is 2.32. The minimum atomic E-state index is 0.710. The van der Waals surface area contributed by atoms with Crippen LogP contribution in [0.15, 0.2) is 6.20 Å². The smallest absolute Gasteiger partial charge is 0.185 e. The third-order valence-electron chi connectivity index (χ3n) is 2.79. The Morgan fingerprint density at radius 3 is 2.94 bits per heavy atom. The first-order valence-electron chi connectivity index (χ1n) is 6.05. The van der Waals surface area contributed by atoms with E-state index in [2.05, 4.69) is 36.1 Å². The highest BCUT2D eigenvalue weighted by atomic mass is 32.1. The predicted octanol–water partition coefficient (Wildman–Crippen LogP) is 2.49. The second-order valence-electron chi connectivity index (χ2n) is 4.98. The summed E-state index contributed by atoms with van der Waals surface area (Å²) >= 11 is 1.81. The second kappa shape index (κ2) is 5.15. The molecule has 0 radical (unpaired) electrons. The molecule has 90 valence electrons. The average Bonchev–Trinajstić information content (AvgIpc) is 2.97. The molecule has 1 N–H and O–H groups in total. The summed E-state index contributed by atoms with van der Waals surface area (Å²) in [6.45, 7) is 6.48. The zero-order valence-electron chi connectivity index (χ0n) is 10.4. The van der Waals surface area contributed by atoms with Crippen molar-refractivity contribution < 1.29 is 0 Å². The summed E-state index contributed by atoms with van der Waals surface area (Å²) in [5.41, 5.74) is 0. The number of aromatic nitrogens is 1. The van der Waals surface area contributed by atoms with Crippen molar-refractivity contribution in [3.8, 4) is 0 Å². The maximum Gasteiger partial charge on any atom is 0.185 e. The fourth-order valence-electron chi connectivity index (χ4n) is 1.64. The summed E-state index contributed by atoms with van der Waals surface area (Å²) in [7, 11) is 2.15. The third-order valence-corrected chi connectivity index (χ3v) is 3.88. The number of thiazole rings is 1. The van der Waals surface area contributed by atoms with Gasteiger partial charge in [0.1, 0.15) is 0 Å². The molecule has 0 atom stereocenters. The van der Waals surface area contributed by atoms with Crippen LogP contribution in [0, 0.1) is 5.92 Å². The highest BCUT2D eigenvalue weighted by Gasteiger charge is 2.27. The van der Waals surface area contributed by atoms with Crippen LogP contribution in [-0.4, -0.2) is 24.6 Å². The maximum absolute atomic E-state index is 4.48. The number of hydrogen-bond donors (Lipinski definition) is 1. The van der Waals surface area contributed by atoms with Crippen molar-refractivity contribution in [1.82, 2.24) is 10.3 Å².